The zero-order valence-electron chi connectivity index (χ0n) is 10.6. The second-order valence-corrected chi connectivity index (χ2v) is 4.77. The van der Waals surface area contributed by atoms with Crippen molar-refractivity contribution in [1.29, 1.82) is 0 Å². The van der Waals surface area contributed by atoms with Crippen LogP contribution in [-0.2, 0) is 4.79 Å². The van der Waals surface area contributed by atoms with Gasteiger partial charge < -0.3 is 10.6 Å². The first kappa shape index (κ1) is 17.1. The molecule has 0 aromatic rings. The Balaban J connectivity index is 2.94. The molecule has 1 aliphatic carbocycles. The van der Waals surface area contributed by atoms with Crippen molar-refractivity contribution in [1.82, 2.24) is 4.90 Å². The quantitative estimate of drug-likeness (QED) is 0.793. The van der Waals surface area contributed by atoms with Gasteiger partial charge in [0, 0.05) is 12.6 Å². The van der Waals surface area contributed by atoms with Gasteiger partial charge in [-0.15, -0.1) is 0 Å². The maximum absolute atomic E-state index is 12.5. The third-order valence-electron chi connectivity index (χ3n) is 3.30. The number of amides is 1. The Kier molecular flexibility index (Phi) is 5.28. The summed E-state index contributed by atoms with van der Waals surface area (Å²) in [6.07, 6.45) is -9.55. The molecule has 3 nitrogen and oxygen atoms in total. The number of carbonyl (C=O) groups excluding carboxylic acids is 1. The van der Waals surface area contributed by atoms with Crippen LogP contribution in [-0.4, -0.2) is 42.3 Å². The first-order chi connectivity index (χ1) is 9.09. The first-order valence-corrected chi connectivity index (χ1v) is 6.23. The summed E-state index contributed by atoms with van der Waals surface area (Å²) in [6, 6.07) is -0.541. The lowest BCUT2D eigenvalue weighted by atomic mass is 9.90. The minimum absolute atomic E-state index is 0.0964. The molecule has 2 N–H and O–H groups in total. The van der Waals surface area contributed by atoms with E-state index in [0.29, 0.717) is 24.2 Å². The lowest BCUT2D eigenvalue weighted by Crippen LogP contribution is -2.54. The molecule has 1 rings (SSSR count). The molecule has 0 heterocycles. The van der Waals surface area contributed by atoms with Gasteiger partial charge >= 0.3 is 12.4 Å². The molecule has 0 aliphatic heterocycles. The van der Waals surface area contributed by atoms with Crippen LogP contribution in [0.5, 0.6) is 0 Å². The molecule has 118 valence electrons. The van der Waals surface area contributed by atoms with Crippen molar-refractivity contribution in [2.45, 2.75) is 44.1 Å². The minimum atomic E-state index is -5.64. The van der Waals surface area contributed by atoms with E-state index in [4.69, 9.17) is 5.73 Å². The van der Waals surface area contributed by atoms with E-state index in [0.717, 1.165) is 0 Å². The molecule has 1 amide bonds. The molecule has 0 saturated heterocycles. The molecule has 0 aromatic heterocycles. The molecule has 0 bridgehead atoms. The Bertz CT molecular complexity index is 323. The Morgan fingerprint density at radius 3 is 1.95 bits per heavy atom. The number of nitrogens with two attached hydrogens (primary N) is 1. The van der Waals surface area contributed by atoms with Gasteiger partial charge in [0.1, 0.15) is 0 Å². The van der Waals surface area contributed by atoms with E-state index in [1.54, 1.807) is 0 Å². The smallest absolute Gasteiger partial charge is 0.339 e. The Morgan fingerprint density at radius 2 is 1.65 bits per heavy atom. The number of carbonyl (C=O) groups is 1. The van der Waals surface area contributed by atoms with Gasteiger partial charge in [-0.05, 0) is 32.2 Å². The summed E-state index contributed by atoms with van der Waals surface area (Å²) in [5.41, 5.74) is 5.20. The molecule has 1 aliphatic rings. The summed E-state index contributed by atoms with van der Waals surface area (Å²) < 4.78 is 75.3. The van der Waals surface area contributed by atoms with Crippen LogP contribution in [0.1, 0.15) is 25.7 Å². The van der Waals surface area contributed by atoms with Crippen LogP contribution in [0.3, 0.4) is 0 Å². The third kappa shape index (κ3) is 4.00. The molecule has 9 heteroatoms. The molecule has 0 unspecified atom stereocenters. The van der Waals surface area contributed by atoms with Crippen LogP contribution in [0.15, 0.2) is 0 Å². The lowest BCUT2D eigenvalue weighted by molar-refractivity contribution is -0.278. The molecule has 1 fully saturated rings. The predicted molar refractivity (Wildman–Crippen MR) is 58.6 cm³/mol. The number of rotatable bonds is 5. The van der Waals surface area contributed by atoms with Crippen molar-refractivity contribution in [3.63, 3.8) is 0 Å². The van der Waals surface area contributed by atoms with Crippen molar-refractivity contribution < 1.29 is 31.1 Å². The van der Waals surface area contributed by atoms with E-state index in [-0.39, 0.29) is 19.5 Å². The zero-order valence-corrected chi connectivity index (χ0v) is 10.6. The van der Waals surface area contributed by atoms with Gasteiger partial charge in [0.25, 0.3) is 0 Å². The summed E-state index contributed by atoms with van der Waals surface area (Å²) in [6.45, 7) is -0.0815. The second-order valence-electron chi connectivity index (χ2n) is 4.77. The Morgan fingerprint density at radius 1 is 1.15 bits per heavy atom. The lowest BCUT2D eigenvalue weighted by Gasteiger charge is -2.40. The van der Waals surface area contributed by atoms with Gasteiger partial charge in [0.15, 0.2) is 0 Å². The van der Waals surface area contributed by atoms with Gasteiger partial charge in [-0.1, -0.05) is 0 Å². The monoisotopic (exact) mass is 306 g/mol. The number of nitrogens with zero attached hydrogens (tertiary/aromatic N) is 1. The summed E-state index contributed by atoms with van der Waals surface area (Å²) in [7, 11) is 0. The van der Waals surface area contributed by atoms with Gasteiger partial charge in [0.2, 0.25) is 11.8 Å². The van der Waals surface area contributed by atoms with Crippen molar-refractivity contribution in [3.8, 4) is 0 Å². The number of halogens is 6. The Labute approximate surface area is 112 Å². The van der Waals surface area contributed by atoms with E-state index in [9.17, 15) is 31.1 Å². The molecule has 0 aromatic carbocycles. The molecule has 0 radical (unpaired) electrons. The second kappa shape index (κ2) is 6.19. The largest absolute Gasteiger partial charge is 0.409 e. The van der Waals surface area contributed by atoms with Gasteiger partial charge in [0.05, 0.1) is 0 Å². The number of alkyl halides is 6. The molecule has 20 heavy (non-hydrogen) atoms. The first-order valence-electron chi connectivity index (χ1n) is 6.23. The van der Waals surface area contributed by atoms with Crippen LogP contribution in [0, 0.1) is 5.92 Å². The van der Waals surface area contributed by atoms with Crippen molar-refractivity contribution >= 4 is 5.91 Å². The van der Waals surface area contributed by atoms with E-state index in [2.05, 4.69) is 0 Å². The topological polar surface area (TPSA) is 46.3 Å². The molecule has 0 spiro atoms. The molecular formula is C11H16F6N2O. The fourth-order valence-corrected chi connectivity index (χ4v) is 2.06. The SMILES string of the molecule is NCCCN(C(=O)C(C(F)(F)F)C(F)(F)F)C1CCC1. The van der Waals surface area contributed by atoms with E-state index < -0.39 is 30.2 Å². The molecular weight excluding hydrogens is 290 g/mol. The summed E-state index contributed by atoms with van der Waals surface area (Å²) in [5.74, 6) is -5.86. The van der Waals surface area contributed by atoms with Crippen molar-refractivity contribution in [2.24, 2.45) is 11.7 Å². The van der Waals surface area contributed by atoms with Crippen molar-refractivity contribution in [2.75, 3.05) is 13.1 Å². The standard InChI is InChI=1S/C11H16F6N2O/c12-10(13,14)8(11(15,16)17)9(20)19(6-2-5-18)7-3-1-4-7/h7-8H,1-6,18H2. The normalized spacial score (nSPS) is 17.2. The predicted octanol–water partition coefficient (Wildman–Crippen LogP) is 2.46. The average Bonchev–Trinajstić information content (AvgIpc) is 2.16. The highest BCUT2D eigenvalue weighted by Gasteiger charge is 2.62. The number of hydrogen-bond acceptors (Lipinski definition) is 2. The van der Waals surface area contributed by atoms with Crippen LogP contribution in [0.25, 0.3) is 0 Å². The highest BCUT2D eigenvalue weighted by atomic mass is 19.4. The highest BCUT2D eigenvalue weighted by molar-refractivity contribution is 5.81. The van der Waals surface area contributed by atoms with Gasteiger partial charge in [-0.3, -0.25) is 4.79 Å². The van der Waals surface area contributed by atoms with Crippen LogP contribution >= 0.6 is 0 Å². The third-order valence-corrected chi connectivity index (χ3v) is 3.30. The summed E-state index contributed by atoms with van der Waals surface area (Å²) in [4.78, 5) is 12.4. The van der Waals surface area contributed by atoms with E-state index in [1.807, 2.05) is 0 Å². The highest BCUT2D eigenvalue weighted by Crippen LogP contribution is 2.41. The fraction of sp³-hybridized carbons (Fsp3) is 0.909. The number of hydrogen-bond donors (Lipinski definition) is 1. The maximum atomic E-state index is 12.5. The average molecular weight is 306 g/mol. The minimum Gasteiger partial charge on any atom is -0.339 e. The summed E-state index contributed by atoms with van der Waals surface area (Å²) >= 11 is 0. The molecule has 0 atom stereocenters. The van der Waals surface area contributed by atoms with Gasteiger partial charge in [-0.2, -0.15) is 26.3 Å². The van der Waals surface area contributed by atoms with E-state index in [1.165, 1.54) is 0 Å². The Hall–Kier alpha value is -0.990. The van der Waals surface area contributed by atoms with Crippen molar-refractivity contribution in [3.05, 3.63) is 0 Å². The van der Waals surface area contributed by atoms with Crippen LogP contribution < -0.4 is 5.73 Å². The van der Waals surface area contributed by atoms with Gasteiger partial charge in [-0.25, -0.2) is 0 Å². The zero-order chi connectivity index (χ0) is 15.6. The van der Waals surface area contributed by atoms with Crippen LogP contribution in [0.2, 0.25) is 0 Å². The maximum Gasteiger partial charge on any atom is 0.409 e. The van der Waals surface area contributed by atoms with E-state index >= 15 is 0 Å². The molecule has 1 saturated carbocycles. The fourth-order valence-electron chi connectivity index (χ4n) is 2.06. The summed E-state index contributed by atoms with van der Waals surface area (Å²) in [5, 5.41) is 0. The van der Waals surface area contributed by atoms with Crippen LogP contribution in [0.4, 0.5) is 26.3 Å².